The quantitative estimate of drug-likeness (QED) is 0.649. The molecule has 4 nitrogen and oxygen atoms in total. The van der Waals surface area contributed by atoms with Gasteiger partial charge in [0.1, 0.15) is 11.4 Å². The van der Waals surface area contributed by atoms with Crippen LogP contribution in [0.4, 0.5) is 10.1 Å². The lowest BCUT2D eigenvalue weighted by Crippen LogP contribution is -2.25. The molecule has 0 saturated carbocycles. The summed E-state index contributed by atoms with van der Waals surface area (Å²) in [5.41, 5.74) is -0.330. The van der Waals surface area contributed by atoms with E-state index in [1.807, 2.05) is 0 Å². The smallest absolute Gasteiger partial charge is 0.341 e. The molecule has 1 atom stereocenters. The monoisotopic (exact) mass is 303 g/mol. The number of hydrogen-bond acceptors (Lipinski definition) is 4. The third-order valence-electron chi connectivity index (χ3n) is 2.31. The van der Waals surface area contributed by atoms with Gasteiger partial charge in [-0.1, -0.05) is 0 Å². The van der Waals surface area contributed by atoms with E-state index in [9.17, 15) is 14.3 Å². The molecule has 0 radical (unpaired) electrons. The van der Waals surface area contributed by atoms with Crippen LogP contribution >= 0.6 is 11.6 Å². The zero-order valence-corrected chi connectivity index (χ0v) is 12.5. The summed E-state index contributed by atoms with van der Waals surface area (Å²) in [6.45, 7) is 5.34. The van der Waals surface area contributed by atoms with Crippen molar-refractivity contribution >= 4 is 23.3 Å². The molecule has 1 aromatic carbocycles. The zero-order chi connectivity index (χ0) is 15.3. The van der Waals surface area contributed by atoms with Crippen molar-refractivity contribution in [2.45, 2.75) is 32.5 Å². The molecule has 0 aliphatic rings. The third-order valence-corrected chi connectivity index (χ3v) is 2.66. The van der Waals surface area contributed by atoms with Crippen molar-refractivity contribution in [3.63, 3.8) is 0 Å². The standard InChI is InChI=1S/C14H19ClFNO3/c1-14(2,3)20-13(19)11-6-9(4-5-12(11)16)17-8-10(18)7-15/h4-6,10,17-18H,7-8H2,1-3H3. The van der Waals surface area contributed by atoms with Crippen LogP contribution in [0.25, 0.3) is 0 Å². The van der Waals surface area contributed by atoms with E-state index in [2.05, 4.69) is 5.32 Å². The van der Waals surface area contributed by atoms with Gasteiger partial charge in [-0.15, -0.1) is 11.6 Å². The van der Waals surface area contributed by atoms with Gasteiger partial charge in [-0.3, -0.25) is 0 Å². The van der Waals surface area contributed by atoms with Crippen molar-refractivity contribution in [3.05, 3.63) is 29.6 Å². The van der Waals surface area contributed by atoms with Gasteiger partial charge in [-0.25, -0.2) is 9.18 Å². The molecule has 0 heterocycles. The van der Waals surface area contributed by atoms with Crippen LogP contribution in [0.15, 0.2) is 18.2 Å². The van der Waals surface area contributed by atoms with Crippen LogP contribution in [0.5, 0.6) is 0 Å². The SMILES string of the molecule is CC(C)(C)OC(=O)c1cc(NCC(O)CCl)ccc1F. The summed E-state index contributed by atoms with van der Waals surface area (Å²) < 4.78 is 18.8. The molecule has 0 aliphatic carbocycles. The second kappa shape index (κ2) is 6.90. The molecule has 0 fully saturated rings. The highest BCUT2D eigenvalue weighted by Crippen LogP contribution is 2.19. The van der Waals surface area contributed by atoms with E-state index < -0.39 is 23.5 Å². The maximum atomic E-state index is 13.7. The second-order valence-corrected chi connectivity index (χ2v) is 5.69. The number of benzene rings is 1. The number of rotatable bonds is 5. The predicted octanol–water partition coefficient (Wildman–Crippen LogP) is 2.79. The first-order valence-electron chi connectivity index (χ1n) is 6.23. The summed E-state index contributed by atoms with van der Waals surface area (Å²) in [6.07, 6.45) is -0.716. The first-order valence-corrected chi connectivity index (χ1v) is 6.77. The summed E-state index contributed by atoms with van der Waals surface area (Å²) >= 11 is 5.47. The number of ether oxygens (including phenoxy) is 1. The number of hydrogen-bond donors (Lipinski definition) is 2. The number of esters is 1. The van der Waals surface area contributed by atoms with Gasteiger partial charge in [0.2, 0.25) is 0 Å². The Hall–Kier alpha value is -1.33. The lowest BCUT2D eigenvalue weighted by atomic mass is 10.1. The van der Waals surface area contributed by atoms with Gasteiger partial charge < -0.3 is 15.2 Å². The fraction of sp³-hybridized carbons (Fsp3) is 0.500. The number of nitrogens with one attached hydrogen (secondary N) is 1. The van der Waals surface area contributed by atoms with Gasteiger partial charge in [0.05, 0.1) is 17.5 Å². The highest BCUT2D eigenvalue weighted by Gasteiger charge is 2.21. The number of halogens is 2. The van der Waals surface area contributed by atoms with E-state index in [1.54, 1.807) is 20.8 Å². The van der Waals surface area contributed by atoms with Crippen LogP contribution < -0.4 is 5.32 Å². The first-order chi connectivity index (χ1) is 9.23. The normalized spacial score (nSPS) is 12.9. The molecule has 1 rings (SSSR count). The maximum Gasteiger partial charge on any atom is 0.341 e. The van der Waals surface area contributed by atoms with Gasteiger partial charge in [0.15, 0.2) is 0 Å². The van der Waals surface area contributed by atoms with Crippen LogP contribution in [0.3, 0.4) is 0 Å². The van der Waals surface area contributed by atoms with Gasteiger partial charge >= 0.3 is 5.97 Å². The Bertz CT molecular complexity index is 474. The number of anilines is 1. The molecule has 1 unspecified atom stereocenters. The van der Waals surface area contributed by atoms with Crippen molar-refractivity contribution in [2.24, 2.45) is 0 Å². The molecule has 2 N–H and O–H groups in total. The minimum atomic E-state index is -0.725. The van der Waals surface area contributed by atoms with Gasteiger partial charge in [-0.05, 0) is 39.0 Å². The largest absolute Gasteiger partial charge is 0.456 e. The van der Waals surface area contributed by atoms with Crippen molar-refractivity contribution in [1.82, 2.24) is 0 Å². The summed E-state index contributed by atoms with van der Waals surface area (Å²) in [5, 5.41) is 12.2. The molecule has 0 aliphatic heterocycles. The predicted molar refractivity (Wildman–Crippen MR) is 76.8 cm³/mol. The summed E-state index contributed by atoms with van der Waals surface area (Å²) in [4.78, 5) is 11.9. The van der Waals surface area contributed by atoms with Crippen LogP contribution in [-0.2, 0) is 4.74 Å². The highest BCUT2D eigenvalue weighted by molar-refractivity contribution is 6.18. The zero-order valence-electron chi connectivity index (χ0n) is 11.7. The average Bonchev–Trinajstić information content (AvgIpc) is 2.35. The summed E-state index contributed by atoms with van der Waals surface area (Å²) in [6, 6.07) is 4.00. The minimum Gasteiger partial charge on any atom is -0.456 e. The van der Waals surface area contributed by atoms with E-state index in [0.717, 1.165) is 0 Å². The third kappa shape index (κ3) is 5.35. The van der Waals surface area contributed by atoms with Crippen LogP contribution in [0.2, 0.25) is 0 Å². The fourth-order valence-corrected chi connectivity index (χ4v) is 1.52. The summed E-state index contributed by atoms with van der Waals surface area (Å²) in [7, 11) is 0. The van der Waals surface area contributed by atoms with E-state index in [1.165, 1.54) is 18.2 Å². The first kappa shape index (κ1) is 16.7. The number of alkyl halides is 1. The van der Waals surface area contributed by atoms with Crippen LogP contribution in [0, 0.1) is 5.82 Å². The van der Waals surface area contributed by atoms with Gasteiger partial charge in [-0.2, -0.15) is 0 Å². The van der Waals surface area contributed by atoms with Crippen LogP contribution in [-0.4, -0.2) is 35.2 Å². The lowest BCUT2D eigenvalue weighted by molar-refractivity contribution is 0.00648. The van der Waals surface area contributed by atoms with E-state index in [-0.39, 0.29) is 18.0 Å². The van der Waals surface area contributed by atoms with E-state index in [0.29, 0.717) is 5.69 Å². The molecular weight excluding hydrogens is 285 g/mol. The molecule has 0 bridgehead atoms. The molecule has 20 heavy (non-hydrogen) atoms. The molecule has 0 saturated heterocycles. The van der Waals surface area contributed by atoms with Gasteiger partial charge in [0.25, 0.3) is 0 Å². The highest BCUT2D eigenvalue weighted by atomic mass is 35.5. The molecule has 6 heteroatoms. The van der Waals surface area contributed by atoms with Crippen molar-refractivity contribution in [2.75, 3.05) is 17.7 Å². The number of aliphatic hydroxyl groups excluding tert-OH is 1. The Morgan fingerprint density at radius 2 is 2.15 bits per heavy atom. The minimum absolute atomic E-state index is 0.0904. The molecule has 0 spiro atoms. The Labute approximate surface area is 122 Å². The Morgan fingerprint density at radius 1 is 1.50 bits per heavy atom. The van der Waals surface area contributed by atoms with Crippen molar-refractivity contribution in [1.29, 1.82) is 0 Å². The average molecular weight is 304 g/mol. The fourth-order valence-electron chi connectivity index (χ4n) is 1.41. The Morgan fingerprint density at radius 3 is 2.70 bits per heavy atom. The molecule has 0 aromatic heterocycles. The Balaban J connectivity index is 2.83. The maximum absolute atomic E-state index is 13.7. The lowest BCUT2D eigenvalue weighted by Gasteiger charge is -2.20. The van der Waals surface area contributed by atoms with E-state index in [4.69, 9.17) is 16.3 Å². The van der Waals surface area contributed by atoms with E-state index >= 15 is 0 Å². The second-order valence-electron chi connectivity index (χ2n) is 5.39. The van der Waals surface area contributed by atoms with Crippen molar-refractivity contribution < 1.29 is 19.0 Å². The number of carbonyl (C=O) groups excluding carboxylic acids is 1. The molecule has 0 amide bonds. The van der Waals surface area contributed by atoms with Crippen LogP contribution in [0.1, 0.15) is 31.1 Å². The molecule has 1 aromatic rings. The molecule has 112 valence electrons. The summed E-state index contributed by atoms with van der Waals surface area (Å²) in [5.74, 6) is -1.29. The van der Waals surface area contributed by atoms with Gasteiger partial charge in [0, 0.05) is 12.2 Å². The molecular formula is C14H19ClFNO3. The number of aliphatic hydroxyl groups is 1. The topological polar surface area (TPSA) is 58.6 Å². The van der Waals surface area contributed by atoms with Crippen molar-refractivity contribution in [3.8, 4) is 0 Å². The Kier molecular flexibility index (Phi) is 5.77. The number of carbonyl (C=O) groups is 1.